The minimum atomic E-state index is -0.268. The van der Waals surface area contributed by atoms with Crippen LogP contribution in [0.2, 0.25) is 0 Å². The molecule has 0 saturated heterocycles. The van der Waals surface area contributed by atoms with Gasteiger partial charge in [-0.25, -0.2) is 4.39 Å². The van der Waals surface area contributed by atoms with Gasteiger partial charge in [-0.3, -0.25) is 0 Å². The number of halogens is 1. The lowest BCUT2D eigenvalue weighted by Gasteiger charge is -2.15. The highest BCUT2D eigenvalue weighted by molar-refractivity contribution is 7.12. The molecule has 0 aliphatic rings. The standard InChI is InChI=1S/C14H16FNOS/c1-9-4-7-14(18-9)10(2)16-13-8-11(17-3)5-6-12(13)15/h4-8,10,16H,1-3H3. The first-order valence-corrected chi connectivity index (χ1v) is 6.58. The van der Waals surface area contributed by atoms with Gasteiger partial charge < -0.3 is 10.1 Å². The van der Waals surface area contributed by atoms with Gasteiger partial charge in [0, 0.05) is 15.8 Å². The molecule has 2 aromatic rings. The maximum Gasteiger partial charge on any atom is 0.146 e. The van der Waals surface area contributed by atoms with Gasteiger partial charge in [-0.2, -0.15) is 0 Å². The van der Waals surface area contributed by atoms with Gasteiger partial charge >= 0.3 is 0 Å². The maximum absolute atomic E-state index is 13.7. The van der Waals surface area contributed by atoms with E-state index in [1.165, 1.54) is 15.8 Å². The second-order valence-corrected chi connectivity index (χ2v) is 5.48. The Kier molecular flexibility index (Phi) is 3.87. The first-order chi connectivity index (χ1) is 8.60. The van der Waals surface area contributed by atoms with Crippen molar-refractivity contribution in [1.29, 1.82) is 0 Å². The monoisotopic (exact) mass is 265 g/mol. The van der Waals surface area contributed by atoms with Crippen LogP contribution in [0.3, 0.4) is 0 Å². The van der Waals surface area contributed by atoms with E-state index in [4.69, 9.17) is 4.74 Å². The molecule has 96 valence electrons. The molecule has 2 rings (SSSR count). The molecule has 0 aliphatic carbocycles. The molecule has 1 unspecified atom stereocenters. The number of nitrogens with one attached hydrogen (secondary N) is 1. The van der Waals surface area contributed by atoms with Crippen LogP contribution in [0, 0.1) is 12.7 Å². The van der Waals surface area contributed by atoms with Crippen LogP contribution >= 0.6 is 11.3 Å². The van der Waals surface area contributed by atoms with Crippen LogP contribution in [0.4, 0.5) is 10.1 Å². The Balaban J connectivity index is 2.18. The summed E-state index contributed by atoms with van der Waals surface area (Å²) in [6, 6.07) is 8.90. The molecule has 0 fully saturated rings. The number of ether oxygens (including phenoxy) is 1. The average Bonchev–Trinajstić information content (AvgIpc) is 2.79. The van der Waals surface area contributed by atoms with E-state index in [0.717, 1.165) is 0 Å². The van der Waals surface area contributed by atoms with E-state index in [0.29, 0.717) is 11.4 Å². The minimum absolute atomic E-state index is 0.0744. The Labute approximate surface area is 110 Å². The number of hydrogen-bond donors (Lipinski definition) is 1. The lowest BCUT2D eigenvalue weighted by Crippen LogP contribution is -2.06. The van der Waals surface area contributed by atoms with Crippen LogP contribution in [0.25, 0.3) is 0 Å². The van der Waals surface area contributed by atoms with Crippen molar-refractivity contribution in [2.24, 2.45) is 0 Å². The van der Waals surface area contributed by atoms with E-state index in [1.54, 1.807) is 30.6 Å². The molecule has 1 aromatic carbocycles. The molecule has 0 saturated carbocycles. The highest BCUT2D eigenvalue weighted by Gasteiger charge is 2.11. The van der Waals surface area contributed by atoms with E-state index in [1.807, 2.05) is 6.92 Å². The van der Waals surface area contributed by atoms with Gasteiger partial charge in [-0.15, -0.1) is 11.3 Å². The van der Waals surface area contributed by atoms with Gasteiger partial charge in [0.25, 0.3) is 0 Å². The maximum atomic E-state index is 13.7. The van der Waals surface area contributed by atoms with E-state index in [2.05, 4.69) is 24.4 Å². The van der Waals surface area contributed by atoms with Crippen molar-refractivity contribution in [1.82, 2.24) is 0 Å². The zero-order chi connectivity index (χ0) is 13.1. The summed E-state index contributed by atoms with van der Waals surface area (Å²) >= 11 is 1.71. The molecule has 18 heavy (non-hydrogen) atoms. The number of aryl methyl sites for hydroxylation is 1. The second kappa shape index (κ2) is 5.40. The fourth-order valence-corrected chi connectivity index (χ4v) is 2.61. The fourth-order valence-electron chi connectivity index (χ4n) is 1.73. The molecule has 0 spiro atoms. The molecule has 1 heterocycles. The predicted octanol–water partition coefficient (Wildman–Crippen LogP) is 4.38. The number of anilines is 1. The molecule has 0 bridgehead atoms. The molecule has 0 amide bonds. The van der Waals surface area contributed by atoms with Crippen molar-refractivity contribution >= 4 is 17.0 Å². The third-order valence-corrected chi connectivity index (χ3v) is 3.92. The summed E-state index contributed by atoms with van der Waals surface area (Å²) in [6.07, 6.45) is 0. The summed E-state index contributed by atoms with van der Waals surface area (Å²) in [4.78, 5) is 2.44. The van der Waals surface area contributed by atoms with E-state index < -0.39 is 0 Å². The third kappa shape index (κ3) is 2.82. The molecule has 2 nitrogen and oxygen atoms in total. The van der Waals surface area contributed by atoms with Crippen LogP contribution < -0.4 is 10.1 Å². The summed E-state index contributed by atoms with van der Waals surface area (Å²) in [5, 5.41) is 3.17. The molecule has 0 radical (unpaired) electrons. The Morgan fingerprint density at radius 2 is 2.06 bits per heavy atom. The third-order valence-electron chi connectivity index (χ3n) is 2.73. The van der Waals surface area contributed by atoms with Crippen molar-refractivity contribution in [3.63, 3.8) is 0 Å². The summed E-state index contributed by atoms with van der Waals surface area (Å²) in [6.45, 7) is 4.08. The van der Waals surface area contributed by atoms with Crippen molar-refractivity contribution in [2.45, 2.75) is 19.9 Å². The topological polar surface area (TPSA) is 21.3 Å². The van der Waals surface area contributed by atoms with Crippen molar-refractivity contribution in [3.05, 3.63) is 45.9 Å². The largest absolute Gasteiger partial charge is 0.497 e. The van der Waals surface area contributed by atoms with Crippen molar-refractivity contribution in [2.75, 3.05) is 12.4 Å². The van der Waals surface area contributed by atoms with Crippen LogP contribution in [-0.2, 0) is 0 Å². The quantitative estimate of drug-likeness (QED) is 0.886. The summed E-state index contributed by atoms with van der Waals surface area (Å²) in [7, 11) is 1.57. The molecular weight excluding hydrogens is 249 g/mol. The summed E-state index contributed by atoms with van der Waals surface area (Å²) < 4.78 is 18.8. The van der Waals surface area contributed by atoms with Gasteiger partial charge in [-0.05, 0) is 38.1 Å². The Morgan fingerprint density at radius 3 is 2.67 bits per heavy atom. The first-order valence-electron chi connectivity index (χ1n) is 5.76. The number of methoxy groups -OCH3 is 1. The van der Waals surface area contributed by atoms with Gasteiger partial charge in [0.2, 0.25) is 0 Å². The van der Waals surface area contributed by atoms with Gasteiger partial charge in [0.1, 0.15) is 11.6 Å². The molecule has 1 atom stereocenters. The minimum Gasteiger partial charge on any atom is -0.497 e. The van der Waals surface area contributed by atoms with Crippen LogP contribution in [0.5, 0.6) is 5.75 Å². The molecule has 1 aromatic heterocycles. The summed E-state index contributed by atoms with van der Waals surface area (Å²) in [5.74, 6) is 0.379. The van der Waals surface area contributed by atoms with Gasteiger partial charge in [-0.1, -0.05) is 0 Å². The van der Waals surface area contributed by atoms with Gasteiger partial charge in [0.05, 0.1) is 18.8 Å². The fraction of sp³-hybridized carbons (Fsp3) is 0.286. The SMILES string of the molecule is COc1ccc(F)c(NC(C)c2ccc(C)s2)c1. The number of benzene rings is 1. The van der Waals surface area contributed by atoms with E-state index in [-0.39, 0.29) is 11.9 Å². The molecule has 0 aliphatic heterocycles. The Hall–Kier alpha value is -1.55. The lowest BCUT2D eigenvalue weighted by atomic mass is 10.2. The van der Waals surface area contributed by atoms with Crippen molar-refractivity contribution < 1.29 is 9.13 Å². The smallest absolute Gasteiger partial charge is 0.146 e. The predicted molar refractivity (Wildman–Crippen MR) is 74.0 cm³/mol. The first kappa shape index (κ1) is 12.9. The highest BCUT2D eigenvalue weighted by Crippen LogP contribution is 2.28. The lowest BCUT2D eigenvalue weighted by molar-refractivity contribution is 0.414. The van der Waals surface area contributed by atoms with Crippen LogP contribution in [0.15, 0.2) is 30.3 Å². The van der Waals surface area contributed by atoms with Crippen molar-refractivity contribution in [3.8, 4) is 5.75 Å². The van der Waals surface area contributed by atoms with Crippen LogP contribution in [-0.4, -0.2) is 7.11 Å². The zero-order valence-corrected chi connectivity index (χ0v) is 11.5. The molecule has 4 heteroatoms. The Bertz CT molecular complexity index is 538. The average molecular weight is 265 g/mol. The number of rotatable bonds is 4. The van der Waals surface area contributed by atoms with E-state index >= 15 is 0 Å². The molecule has 1 N–H and O–H groups in total. The normalized spacial score (nSPS) is 12.2. The summed E-state index contributed by atoms with van der Waals surface area (Å²) in [5.41, 5.74) is 0.466. The van der Waals surface area contributed by atoms with Gasteiger partial charge in [0.15, 0.2) is 0 Å². The number of hydrogen-bond acceptors (Lipinski definition) is 3. The van der Waals surface area contributed by atoms with E-state index in [9.17, 15) is 4.39 Å². The number of thiophene rings is 1. The second-order valence-electron chi connectivity index (χ2n) is 4.16. The van der Waals surface area contributed by atoms with Crippen LogP contribution in [0.1, 0.15) is 22.7 Å². The molecular formula is C14H16FNOS. The highest BCUT2D eigenvalue weighted by atomic mass is 32.1. The Morgan fingerprint density at radius 1 is 1.28 bits per heavy atom. The zero-order valence-electron chi connectivity index (χ0n) is 10.7.